The van der Waals surface area contributed by atoms with E-state index < -0.39 is 0 Å². The number of benzene rings is 1. The Morgan fingerprint density at radius 3 is 2.42 bits per heavy atom. The van der Waals surface area contributed by atoms with E-state index in [2.05, 4.69) is 70.4 Å². The lowest BCUT2D eigenvalue weighted by atomic mass is 10.1. The van der Waals surface area contributed by atoms with E-state index in [1.807, 2.05) is 7.05 Å². The molecule has 0 aliphatic heterocycles. The van der Waals surface area contributed by atoms with Crippen molar-refractivity contribution < 1.29 is 4.52 Å². The summed E-state index contributed by atoms with van der Waals surface area (Å²) in [5.74, 6) is 2.54. The molecule has 0 atom stereocenters. The van der Waals surface area contributed by atoms with Crippen LogP contribution in [-0.4, -0.2) is 41.6 Å². The van der Waals surface area contributed by atoms with Gasteiger partial charge in [0.25, 0.3) is 0 Å². The maximum atomic E-state index is 5.26. The van der Waals surface area contributed by atoms with Gasteiger partial charge >= 0.3 is 0 Å². The van der Waals surface area contributed by atoms with E-state index in [1.54, 1.807) is 7.05 Å². The lowest BCUT2D eigenvalue weighted by molar-refractivity contribution is 0.370. The highest BCUT2D eigenvalue weighted by Crippen LogP contribution is 2.10. The molecular formula is C19H30IN5O. The van der Waals surface area contributed by atoms with Crippen LogP contribution >= 0.6 is 24.0 Å². The van der Waals surface area contributed by atoms with E-state index in [-0.39, 0.29) is 29.9 Å². The Kier molecular flexibility index (Phi) is 9.61. The fraction of sp³-hybridized carbons (Fsp3) is 0.526. The normalized spacial score (nSPS) is 11.4. The maximum Gasteiger partial charge on any atom is 0.228 e. The molecule has 2 rings (SSSR count). The van der Waals surface area contributed by atoms with E-state index in [1.165, 1.54) is 11.1 Å². The lowest BCUT2D eigenvalue weighted by Gasteiger charge is -2.22. The van der Waals surface area contributed by atoms with Gasteiger partial charge in [0, 0.05) is 39.5 Å². The van der Waals surface area contributed by atoms with Crippen LogP contribution in [0.1, 0.15) is 49.5 Å². The van der Waals surface area contributed by atoms with Crippen molar-refractivity contribution in [3.05, 3.63) is 47.1 Å². The van der Waals surface area contributed by atoms with Gasteiger partial charge in [-0.2, -0.15) is 4.98 Å². The SMILES string of the molecule is CCc1ccc(CN(C)C(=NC)NCCc2nc(C(C)C)no2)cc1.I. The molecule has 7 heteroatoms. The Morgan fingerprint density at radius 2 is 1.88 bits per heavy atom. The van der Waals surface area contributed by atoms with Gasteiger partial charge in [-0.3, -0.25) is 4.99 Å². The average molecular weight is 471 g/mol. The van der Waals surface area contributed by atoms with Crippen molar-refractivity contribution in [2.24, 2.45) is 4.99 Å². The first kappa shape index (κ1) is 22.4. The Hall–Kier alpha value is -1.64. The number of rotatable bonds is 7. The minimum absolute atomic E-state index is 0. The van der Waals surface area contributed by atoms with Gasteiger partial charge in [-0.25, -0.2) is 0 Å². The van der Waals surface area contributed by atoms with Crippen molar-refractivity contribution in [1.29, 1.82) is 0 Å². The number of aryl methyl sites for hydroxylation is 1. The van der Waals surface area contributed by atoms with Crippen LogP contribution in [0.2, 0.25) is 0 Å². The molecule has 0 fully saturated rings. The van der Waals surface area contributed by atoms with Crippen LogP contribution < -0.4 is 5.32 Å². The smallest absolute Gasteiger partial charge is 0.228 e. The number of halogens is 1. The summed E-state index contributed by atoms with van der Waals surface area (Å²) in [6.07, 6.45) is 1.74. The molecule has 6 nitrogen and oxygen atoms in total. The van der Waals surface area contributed by atoms with Crippen LogP contribution in [0.3, 0.4) is 0 Å². The second-order valence-electron chi connectivity index (χ2n) is 6.45. The van der Waals surface area contributed by atoms with Crippen molar-refractivity contribution in [3.8, 4) is 0 Å². The quantitative estimate of drug-likeness (QED) is 0.380. The van der Waals surface area contributed by atoms with Crippen LogP contribution in [0.25, 0.3) is 0 Å². The minimum Gasteiger partial charge on any atom is -0.356 e. The lowest BCUT2D eigenvalue weighted by Crippen LogP contribution is -2.39. The van der Waals surface area contributed by atoms with Crippen LogP contribution in [0.15, 0.2) is 33.8 Å². The van der Waals surface area contributed by atoms with Crippen LogP contribution in [-0.2, 0) is 19.4 Å². The second kappa shape index (κ2) is 11.2. The molecule has 0 saturated heterocycles. The summed E-state index contributed by atoms with van der Waals surface area (Å²) in [6, 6.07) is 8.71. The van der Waals surface area contributed by atoms with Gasteiger partial charge in [-0.15, -0.1) is 24.0 Å². The number of aromatic nitrogens is 2. The van der Waals surface area contributed by atoms with E-state index >= 15 is 0 Å². The molecule has 144 valence electrons. The molecule has 2 aromatic rings. The summed E-state index contributed by atoms with van der Waals surface area (Å²) in [7, 11) is 3.83. The Morgan fingerprint density at radius 1 is 1.23 bits per heavy atom. The molecular weight excluding hydrogens is 441 g/mol. The molecule has 0 unspecified atom stereocenters. The van der Waals surface area contributed by atoms with Crippen molar-refractivity contribution in [2.75, 3.05) is 20.6 Å². The minimum atomic E-state index is 0. The number of hydrogen-bond acceptors (Lipinski definition) is 4. The molecule has 0 aliphatic carbocycles. The molecule has 0 saturated carbocycles. The standard InChI is InChI=1S/C19H29N5O.HI/c1-6-15-7-9-16(10-8-15)13-24(5)19(20-4)21-12-11-17-22-18(14(2)3)23-25-17;/h7-10,14H,6,11-13H2,1-5H3,(H,20,21);1H. The topological polar surface area (TPSA) is 66.5 Å². The second-order valence-corrected chi connectivity index (χ2v) is 6.45. The predicted octanol–water partition coefficient (Wildman–Crippen LogP) is 3.62. The maximum absolute atomic E-state index is 5.26. The zero-order valence-corrected chi connectivity index (χ0v) is 18.7. The fourth-order valence-corrected chi connectivity index (χ4v) is 2.50. The summed E-state index contributed by atoms with van der Waals surface area (Å²) in [4.78, 5) is 10.8. The number of nitrogens with one attached hydrogen (secondary N) is 1. The average Bonchev–Trinajstić information content (AvgIpc) is 3.08. The van der Waals surface area contributed by atoms with E-state index in [0.29, 0.717) is 18.9 Å². The summed E-state index contributed by atoms with van der Waals surface area (Å²) >= 11 is 0. The Labute approximate surface area is 173 Å². The number of nitrogens with zero attached hydrogens (tertiary/aromatic N) is 4. The third kappa shape index (κ3) is 6.59. The molecule has 0 radical (unpaired) electrons. The third-order valence-corrected chi connectivity index (χ3v) is 4.05. The Balaban J connectivity index is 0.00000338. The van der Waals surface area contributed by atoms with Crippen molar-refractivity contribution >= 4 is 29.9 Å². The van der Waals surface area contributed by atoms with Gasteiger partial charge in [0.05, 0.1) is 0 Å². The first-order valence-corrected chi connectivity index (χ1v) is 8.85. The number of aliphatic imine (C=N–C) groups is 1. The summed E-state index contributed by atoms with van der Waals surface area (Å²) in [5, 5.41) is 7.33. The van der Waals surface area contributed by atoms with Crippen molar-refractivity contribution in [3.63, 3.8) is 0 Å². The van der Waals surface area contributed by atoms with Crippen LogP contribution in [0.4, 0.5) is 0 Å². The summed E-state index contributed by atoms with van der Waals surface area (Å²) in [5.41, 5.74) is 2.62. The number of hydrogen-bond donors (Lipinski definition) is 1. The van der Waals surface area contributed by atoms with Gasteiger partial charge in [-0.1, -0.05) is 50.2 Å². The van der Waals surface area contributed by atoms with E-state index in [4.69, 9.17) is 4.52 Å². The molecule has 26 heavy (non-hydrogen) atoms. The van der Waals surface area contributed by atoms with Gasteiger partial charge in [0.15, 0.2) is 11.8 Å². The van der Waals surface area contributed by atoms with Crippen LogP contribution in [0, 0.1) is 0 Å². The fourth-order valence-electron chi connectivity index (χ4n) is 2.50. The molecule has 0 bridgehead atoms. The van der Waals surface area contributed by atoms with Gasteiger partial charge in [-0.05, 0) is 17.5 Å². The largest absolute Gasteiger partial charge is 0.356 e. The summed E-state index contributed by atoms with van der Waals surface area (Å²) in [6.45, 7) is 7.78. The monoisotopic (exact) mass is 471 g/mol. The van der Waals surface area contributed by atoms with Gasteiger partial charge in [0.1, 0.15) is 0 Å². The molecule has 1 heterocycles. The van der Waals surface area contributed by atoms with Crippen LogP contribution in [0.5, 0.6) is 0 Å². The number of guanidine groups is 1. The van der Waals surface area contributed by atoms with Crippen molar-refractivity contribution in [2.45, 2.75) is 46.1 Å². The predicted molar refractivity (Wildman–Crippen MR) is 116 cm³/mol. The molecule has 1 aromatic carbocycles. The first-order chi connectivity index (χ1) is 12.0. The molecule has 1 N–H and O–H groups in total. The summed E-state index contributed by atoms with van der Waals surface area (Å²) < 4.78 is 5.26. The van der Waals surface area contributed by atoms with E-state index in [9.17, 15) is 0 Å². The molecule has 0 aliphatic rings. The highest BCUT2D eigenvalue weighted by molar-refractivity contribution is 14.0. The first-order valence-electron chi connectivity index (χ1n) is 8.85. The molecule has 0 amide bonds. The van der Waals surface area contributed by atoms with Crippen molar-refractivity contribution in [1.82, 2.24) is 20.4 Å². The Bertz CT molecular complexity index is 681. The zero-order valence-electron chi connectivity index (χ0n) is 16.3. The third-order valence-electron chi connectivity index (χ3n) is 4.05. The van der Waals surface area contributed by atoms with Gasteiger partial charge in [0.2, 0.25) is 5.89 Å². The zero-order chi connectivity index (χ0) is 18.2. The van der Waals surface area contributed by atoms with Gasteiger partial charge < -0.3 is 14.7 Å². The highest BCUT2D eigenvalue weighted by Gasteiger charge is 2.11. The molecule has 0 spiro atoms. The molecule has 1 aromatic heterocycles. The van der Waals surface area contributed by atoms with E-state index in [0.717, 1.165) is 24.7 Å². The highest BCUT2D eigenvalue weighted by atomic mass is 127.